The second-order valence-electron chi connectivity index (χ2n) is 22.3. The summed E-state index contributed by atoms with van der Waals surface area (Å²) >= 11 is 0. The molecular weight excluding hydrogens is 805 g/mol. The Balaban J connectivity index is 4.14. The summed E-state index contributed by atoms with van der Waals surface area (Å²) in [5.74, 6) is 0.0993. The lowest BCUT2D eigenvalue weighted by Gasteiger charge is -2.43. The number of carbonyl (C=O) groups is 2. The fourth-order valence-electron chi connectivity index (χ4n) is 6.51. The van der Waals surface area contributed by atoms with Crippen LogP contribution in [-0.2, 0) is 24.8 Å². The molecule has 12 heteroatoms. The third-order valence-corrected chi connectivity index (χ3v) is 32.7. The van der Waals surface area contributed by atoms with E-state index in [1.54, 1.807) is 0 Å². The fraction of sp³-hybridized carbons (Fsp3) is 0.787. The van der Waals surface area contributed by atoms with Crippen molar-refractivity contribution in [1.82, 2.24) is 0 Å². The van der Waals surface area contributed by atoms with Crippen LogP contribution in [0.15, 0.2) is 18.7 Å². The molecule has 0 aliphatic rings. The molecule has 0 aliphatic carbocycles. The highest BCUT2D eigenvalue weighted by Gasteiger charge is 2.47. The van der Waals surface area contributed by atoms with Gasteiger partial charge in [0.25, 0.3) is 8.32 Å². The summed E-state index contributed by atoms with van der Waals surface area (Å²) in [7, 11) is -7.99. The van der Waals surface area contributed by atoms with Crippen LogP contribution in [0.3, 0.4) is 0 Å². The lowest BCUT2D eigenvalue weighted by atomic mass is 9.77. The number of hydrogen-bond donors (Lipinski definition) is 1. The number of carbonyl (C=O) groups excluding carboxylic acids is 2. The van der Waals surface area contributed by atoms with E-state index >= 15 is 0 Å². The van der Waals surface area contributed by atoms with E-state index in [2.05, 4.69) is 129 Å². The van der Waals surface area contributed by atoms with Gasteiger partial charge < -0.3 is 27.5 Å². The molecule has 4 atom stereocenters. The van der Waals surface area contributed by atoms with E-state index < -0.39 is 62.8 Å². The van der Waals surface area contributed by atoms with Gasteiger partial charge in [-0.3, -0.25) is 4.79 Å². The van der Waals surface area contributed by atoms with Crippen LogP contribution < -0.4 is 8.85 Å². The van der Waals surface area contributed by atoms with Crippen LogP contribution in [0.5, 0.6) is 11.5 Å². The molecule has 1 N–H and O–H groups in total. The van der Waals surface area contributed by atoms with E-state index in [-0.39, 0.29) is 39.8 Å². The van der Waals surface area contributed by atoms with E-state index in [0.29, 0.717) is 23.5 Å². The maximum absolute atomic E-state index is 14.4. The molecule has 0 bridgehead atoms. The molecule has 0 heterocycles. The summed E-state index contributed by atoms with van der Waals surface area (Å²) in [5.41, 5.74) is 1.04. The SMILES string of the molecule is C=CC[C@@H](O[Si](CC)(CC)CC)C(C)(C)C(=O)C[C@H](O)[C@@H](C)[C@@H](Cc1c(C)c(O[Si](C)(C)C(C)(C)C)cc(O[Si](C)(C)C(C)(C)C)c1C(=O)OC)O[Si](C)(C)C(C)(C)C. The quantitative estimate of drug-likeness (QED) is 0.0698. The maximum Gasteiger partial charge on any atom is 0.341 e. The third-order valence-electron chi connectivity index (χ3n) is 14.8. The van der Waals surface area contributed by atoms with Crippen molar-refractivity contribution in [3.05, 3.63) is 35.4 Å². The van der Waals surface area contributed by atoms with Crippen molar-refractivity contribution in [2.75, 3.05) is 7.11 Å². The summed E-state index contributed by atoms with van der Waals surface area (Å²) in [4.78, 5) is 28.6. The number of ether oxygens (including phenoxy) is 1. The summed E-state index contributed by atoms with van der Waals surface area (Å²) < 4.78 is 33.9. The van der Waals surface area contributed by atoms with Crippen molar-refractivity contribution in [2.45, 2.75) is 221 Å². The molecule has 0 amide bonds. The zero-order valence-corrected chi connectivity index (χ0v) is 46.2. The average Bonchev–Trinajstić information content (AvgIpc) is 3.09. The number of benzene rings is 1. The minimum absolute atomic E-state index is 0.0535. The first-order valence-electron chi connectivity index (χ1n) is 22.3. The van der Waals surface area contributed by atoms with Gasteiger partial charge in [0.1, 0.15) is 22.8 Å². The zero-order valence-electron chi connectivity index (χ0n) is 42.2. The summed E-state index contributed by atoms with van der Waals surface area (Å²) in [6.45, 7) is 51.4. The predicted molar refractivity (Wildman–Crippen MR) is 259 cm³/mol. The van der Waals surface area contributed by atoms with E-state index in [1.807, 2.05) is 39.8 Å². The van der Waals surface area contributed by atoms with Crippen molar-refractivity contribution in [1.29, 1.82) is 0 Å². The Kier molecular flexibility index (Phi) is 19.1. The first-order valence-corrected chi connectivity index (χ1v) is 33.5. The minimum Gasteiger partial charge on any atom is -0.543 e. The Morgan fingerprint density at radius 2 is 1.20 bits per heavy atom. The highest BCUT2D eigenvalue weighted by Crippen LogP contribution is 2.46. The molecule has 0 fully saturated rings. The van der Waals surface area contributed by atoms with Crippen molar-refractivity contribution in [3.8, 4) is 11.5 Å². The molecule has 1 aromatic rings. The fourth-order valence-corrected chi connectivity index (χ4v) is 13.0. The highest BCUT2D eigenvalue weighted by molar-refractivity contribution is 6.75. The van der Waals surface area contributed by atoms with Gasteiger partial charge in [-0.05, 0) is 103 Å². The topological polar surface area (TPSA) is 101 Å². The smallest absolute Gasteiger partial charge is 0.341 e. The Hall–Kier alpha value is -1.55. The number of esters is 1. The van der Waals surface area contributed by atoms with Crippen LogP contribution in [0.2, 0.25) is 72.5 Å². The standard InChI is InChI=1S/C47H90O8Si4/c1-25-29-41(55-59(26-2,27-3)28-4)47(16,17)40(49)31-36(48)34(6)37(52-56(19,20)44(7,8)9)30-35-33(5)38(53-57(21,22)45(10,11)12)32-39(42(35)43(50)51-18)54-58(23,24)46(13,14)15/h25,32,34,36-37,41,48H,1,26-31H2,2-24H3/t34-,36+,37-,41-/m1/s1. The number of aliphatic hydroxyl groups is 1. The van der Waals surface area contributed by atoms with Crippen LogP contribution in [-0.4, -0.2) is 75.6 Å². The van der Waals surface area contributed by atoms with Gasteiger partial charge in [0.2, 0.25) is 8.32 Å². The van der Waals surface area contributed by atoms with Crippen LogP contribution in [0.25, 0.3) is 0 Å². The molecule has 342 valence electrons. The summed E-state index contributed by atoms with van der Waals surface area (Å²) in [5, 5.41) is 11.8. The first kappa shape index (κ1) is 55.5. The number of Topliss-reactive ketones (excluding diaryl/α,β-unsaturated/α-hetero) is 1. The highest BCUT2D eigenvalue weighted by atomic mass is 28.4. The normalized spacial score (nSPS) is 15.9. The van der Waals surface area contributed by atoms with Crippen LogP contribution in [0.4, 0.5) is 0 Å². The van der Waals surface area contributed by atoms with E-state index in [9.17, 15) is 14.7 Å². The first-order chi connectivity index (χ1) is 26.5. The Morgan fingerprint density at radius 1 is 0.763 bits per heavy atom. The lowest BCUT2D eigenvalue weighted by Crippen LogP contribution is -2.50. The molecule has 0 radical (unpaired) electrons. The van der Waals surface area contributed by atoms with Gasteiger partial charge in [-0.1, -0.05) is 110 Å². The van der Waals surface area contributed by atoms with Gasteiger partial charge in [0.15, 0.2) is 16.6 Å². The number of methoxy groups -OCH3 is 1. The van der Waals surface area contributed by atoms with Gasteiger partial charge in [-0.25, -0.2) is 4.79 Å². The summed E-state index contributed by atoms with van der Waals surface area (Å²) in [6.07, 6.45) is 0.693. The van der Waals surface area contributed by atoms with E-state index in [0.717, 1.165) is 29.3 Å². The van der Waals surface area contributed by atoms with Gasteiger partial charge in [-0.15, -0.1) is 6.58 Å². The van der Waals surface area contributed by atoms with Crippen LogP contribution in [0, 0.1) is 18.3 Å². The van der Waals surface area contributed by atoms with Crippen molar-refractivity contribution < 1.29 is 37.1 Å². The second kappa shape index (κ2) is 20.3. The number of aliphatic hydroxyl groups excluding tert-OH is 1. The monoisotopic (exact) mass is 895 g/mol. The lowest BCUT2D eigenvalue weighted by molar-refractivity contribution is -0.135. The van der Waals surface area contributed by atoms with Crippen molar-refractivity contribution >= 4 is 45.0 Å². The van der Waals surface area contributed by atoms with Gasteiger partial charge >= 0.3 is 5.97 Å². The molecule has 0 aromatic heterocycles. The van der Waals surface area contributed by atoms with Crippen molar-refractivity contribution in [2.24, 2.45) is 11.3 Å². The van der Waals surface area contributed by atoms with Gasteiger partial charge in [-0.2, -0.15) is 0 Å². The maximum atomic E-state index is 14.4. The third kappa shape index (κ3) is 13.5. The van der Waals surface area contributed by atoms with E-state index in [1.165, 1.54) is 7.11 Å². The molecule has 0 spiro atoms. The van der Waals surface area contributed by atoms with Crippen LogP contribution >= 0.6 is 0 Å². The van der Waals surface area contributed by atoms with Gasteiger partial charge in [0, 0.05) is 23.8 Å². The molecule has 59 heavy (non-hydrogen) atoms. The molecule has 0 aliphatic heterocycles. The van der Waals surface area contributed by atoms with Crippen LogP contribution in [0.1, 0.15) is 138 Å². The molecular formula is C47H90O8Si4. The Morgan fingerprint density at radius 3 is 1.59 bits per heavy atom. The number of hydrogen-bond acceptors (Lipinski definition) is 8. The molecule has 0 saturated carbocycles. The number of ketones is 1. The predicted octanol–water partition coefficient (Wildman–Crippen LogP) is 13.4. The van der Waals surface area contributed by atoms with E-state index in [4.69, 9.17) is 22.4 Å². The molecule has 1 rings (SSSR count). The molecule has 1 aromatic carbocycles. The van der Waals surface area contributed by atoms with Gasteiger partial charge in [0.05, 0.1) is 25.4 Å². The molecule has 0 saturated heterocycles. The summed E-state index contributed by atoms with van der Waals surface area (Å²) in [6, 6.07) is 4.83. The zero-order chi connectivity index (χ0) is 46.5. The molecule has 0 unspecified atom stereocenters. The minimum atomic E-state index is -2.49. The van der Waals surface area contributed by atoms with Crippen molar-refractivity contribution in [3.63, 3.8) is 0 Å². The second-order valence-corrected chi connectivity index (χ2v) is 41.3. The number of rotatable bonds is 22. The molecule has 8 nitrogen and oxygen atoms in total. The Labute approximate surface area is 366 Å². The average molecular weight is 896 g/mol. The largest absolute Gasteiger partial charge is 0.543 e. The Bertz CT molecular complexity index is 1570.